The molecule has 1 aromatic carbocycles. The lowest BCUT2D eigenvalue weighted by atomic mass is 10.0. The molecule has 1 saturated heterocycles. The molecule has 0 aromatic heterocycles. The molecule has 0 saturated carbocycles. The van der Waals surface area contributed by atoms with Crippen LogP contribution >= 0.6 is 40.7 Å². The van der Waals surface area contributed by atoms with Crippen molar-refractivity contribution >= 4 is 40.7 Å². The summed E-state index contributed by atoms with van der Waals surface area (Å²) < 4.78 is 14.0. The number of nitrogens with zero attached hydrogens (tertiary/aromatic N) is 2. The minimum atomic E-state index is -0.273. The van der Waals surface area contributed by atoms with Crippen LogP contribution in [0.15, 0.2) is 22.7 Å². The molecule has 1 aliphatic rings. The summed E-state index contributed by atoms with van der Waals surface area (Å²) in [6.07, 6.45) is 0.390. The number of hydrogen-bond acceptors (Lipinski definition) is 3. The van der Waals surface area contributed by atoms with Gasteiger partial charge < -0.3 is 5.32 Å². The second-order valence-corrected chi connectivity index (χ2v) is 5.19. The lowest BCUT2D eigenvalue weighted by Gasteiger charge is -2.34. The lowest BCUT2D eigenvalue weighted by molar-refractivity contribution is 0.175. The Morgan fingerprint density at radius 3 is 2.55 bits per heavy atom. The summed E-state index contributed by atoms with van der Waals surface area (Å²) in [7, 11) is 0. The predicted molar refractivity (Wildman–Crippen MR) is 86.0 cm³/mol. The minimum absolute atomic E-state index is 0. The average Bonchev–Trinajstić information content (AvgIpc) is 2.40. The quantitative estimate of drug-likeness (QED) is 0.868. The summed E-state index contributed by atoms with van der Waals surface area (Å²) in [6.45, 7) is 3.62. The van der Waals surface area contributed by atoms with Gasteiger partial charge in [-0.2, -0.15) is 5.26 Å². The molecule has 3 nitrogen and oxygen atoms in total. The van der Waals surface area contributed by atoms with Crippen molar-refractivity contribution in [2.24, 2.45) is 0 Å². The van der Waals surface area contributed by atoms with Crippen LogP contribution in [0.4, 0.5) is 4.39 Å². The van der Waals surface area contributed by atoms with Crippen LogP contribution in [0.2, 0.25) is 0 Å². The molecule has 112 valence electrons. The van der Waals surface area contributed by atoms with Crippen molar-refractivity contribution in [3.8, 4) is 6.07 Å². The molecule has 0 aliphatic carbocycles. The zero-order chi connectivity index (χ0) is 13.0. The van der Waals surface area contributed by atoms with Gasteiger partial charge in [0.2, 0.25) is 0 Å². The molecule has 1 heterocycles. The van der Waals surface area contributed by atoms with E-state index in [1.54, 1.807) is 6.07 Å². The largest absolute Gasteiger partial charge is 0.314 e. The van der Waals surface area contributed by atoms with E-state index in [1.165, 1.54) is 6.07 Å². The van der Waals surface area contributed by atoms with Gasteiger partial charge in [0.15, 0.2) is 0 Å². The molecule has 1 atom stereocenters. The molecule has 20 heavy (non-hydrogen) atoms. The van der Waals surface area contributed by atoms with E-state index in [2.05, 4.69) is 32.2 Å². The van der Waals surface area contributed by atoms with Gasteiger partial charge in [-0.25, -0.2) is 4.39 Å². The third-order valence-electron chi connectivity index (χ3n) is 3.21. The van der Waals surface area contributed by atoms with E-state index in [-0.39, 0.29) is 36.7 Å². The Bertz CT molecular complexity index is 461. The average molecular weight is 385 g/mol. The SMILES string of the molecule is Cl.Cl.N#CC[C@H](c1ccc(Br)c(F)c1)N1CCNCC1. The molecule has 0 amide bonds. The predicted octanol–water partition coefficient (Wildman–Crippen LogP) is 3.29. The fourth-order valence-corrected chi connectivity index (χ4v) is 2.50. The zero-order valence-corrected chi connectivity index (χ0v) is 14.0. The Kier molecular flexibility index (Phi) is 9.36. The number of benzene rings is 1. The summed E-state index contributed by atoms with van der Waals surface area (Å²) in [5, 5.41) is 12.2. The Hall–Kier alpha value is -0.380. The molecule has 1 aromatic rings. The summed E-state index contributed by atoms with van der Waals surface area (Å²) in [4.78, 5) is 2.24. The van der Waals surface area contributed by atoms with Crippen LogP contribution in [0.3, 0.4) is 0 Å². The van der Waals surface area contributed by atoms with E-state index in [0.29, 0.717) is 10.9 Å². The van der Waals surface area contributed by atoms with Crippen LogP contribution in [-0.4, -0.2) is 31.1 Å². The first kappa shape index (κ1) is 19.6. The third-order valence-corrected chi connectivity index (χ3v) is 3.85. The van der Waals surface area contributed by atoms with E-state index < -0.39 is 0 Å². The van der Waals surface area contributed by atoms with Gasteiger partial charge >= 0.3 is 0 Å². The van der Waals surface area contributed by atoms with E-state index >= 15 is 0 Å². The van der Waals surface area contributed by atoms with Crippen LogP contribution in [0.5, 0.6) is 0 Å². The molecule has 2 rings (SSSR count). The fourth-order valence-electron chi connectivity index (χ4n) is 2.26. The zero-order valence-electron chi connectivity index (χ0n) is 10.8. The first-order valence-electron chi connectivity index (χ1n) is 5.99. The highest BCUT2D eigenvalue weighted by Gasteiger charge is 2.22. The third kappa shape index (κ3) is 4.87. The van der Waals surface area contributed by atoms with Crippen molar-refractivity contribution in [2.45, 2.75) is 12.5 Å². The molecule has 1 aliphatic heterocycles. The number of halogens is 4. The summed E-state index contributed by atoms with van der Waals surface area (Å²) in [5.74, 6) is -0.273. The lowest BCUT2D eigenvalue weighted by Crippen LogP contribution is -2.45. The van der Waals surface area contributed by atoms with Crippen LogP contribution < -0.4 is 5.32 Å². The maximum Gasteiger partial charge on any atom is 0.137 e. The highest BCUT2D eigenvalue weighted by Crippen LogP contribution is 2.27. The van der Waals surface area contributed by atoms with E-state index in [1.807, 2.05) is 6.07 Å². The summed E-state index contributed by atoms with van der Waals surface area (Å²) >= 11 is 3.15. The molecule has 0 spiro atoms. The Morgan fingerprint density at radius 1 is 1.35 bits per heavy atom. The van der Waals surface area contributed by atoms with Gasteiger partial charge in [0, 0.05) is 32.2 Å². The Balaban J connectivity index is 0.00000180. The van der Waals surface area contributed by atoms with E-state index in [4.69, 9.17) is 5.26 Å². The van der Waals surface area contributed by atoms with Crippen LogP contribution in [0, 0.1) is 17.1 Å². The highest BCUT2D eigenvalue weighted by atomic mass is 79.9. The molecular formula is C13H17BrCl2FN3. The highest BCUT2D eigenvalue weighted by molar-refractivity contribution is 9.10. The van der Waals surface area contributed by atoms with Crippen molar-refractivity contribution in [1.29, 1.82) is 5.26 Å². The van der Waals surface area contributed by atoms with Crippen molar-refractivity contribution in [3.05, 3.63) is 34.1 Å². The van der Waals surface area contributed by atoms with Gasteiger partial charge in [0.1, 0.15) is 5.82 Å². The van der Waals surface area contributed by atoms with E-state index in [9.17, 15) is 4.39 Å². The Labute approximate surface area is 139 Å². The number of hydrogen-bond donors (Lipinski definition) is 1. The minimum Gasteiger partial charge on any atom is -0.314 e. The number of piperazine rings is 1. The Morgan fingerprint density at radius 2 is 2.00 bits per heavy atom. The maximum atomic E-state index is 13.6. The normalized spacial score (nSPS) is 16.4. The van der Waals surface area contributed by atoms with Gasteiger partial charge in [-0.1, -0.05) is 6.07 Å². The van der Waals surface area contributed by atoms with Crippen LogP contribution in [-0.2, 0) is 0 Å². The molecule has 0 unspecified atom stereocenters. The number of rotatable bonds is 3. The van der Waals surface area contributed by atoms with Gasteiger partial charge in [-0.15, -0.1) is 24.8 Å². The molecule has 0 bridgehead atoms. The molecular weight excluding hydrogens is 368 g/mol. The smallest absolute Gasteiger partial charge is 0.137 e. The first-order valence-corrected chi connectivity index (χ1v) is 6.78. The monoisotopic (exact) mass is 383 g/mol. The van der Waals surface area contributed by atoms with Crippen LogP contribution in [0.1, 0.15) is 18.0 Å². The summed E-state index contributed by atoms with van der Waals surface area (Å²) in [5.41, 5.74) is 0.874. The summed E-state index contributed by atoms with van der Waals surface area (Å²) in [6, 6.07) is 7.30. The second kappa shape index (κ2) is 9.54. The first-order chi connectivity index (χ1) is 8.72. The van der Waals surface area contributed by atoms with Crippen molar-refractivity contribution < 1.29 is 4.39 Å². The molecule has 1 fully saturated rings. The van der Waals surface area contributed by atoms with E-state index in [0.717, 1.165) is 31.7 Å². The van der Waals surface area contributed by atoms with Gasteiger partial charge in [-0.3, -0.25) is 4.90 Å². The topological polar surface area (TPSA) is 39.1 Å². The van der Waals surface area contributed by atoms with Crippen molar-refractivity contribution in [3.63, 3.8) is 0 Å². The van der Waals surface area contributed by atoms with Crippen molar-refractivity contribution in [1.82, 2.24) is 10.2 Å². The maximum absolute atomic E-state index is 13.6. The van der Waals surface area contributed by atoms with Crippen LogP contribution in [0.25, 0.3) is 0 Å². The fraction of sp³-hybridized carbons (Fsp3) is 0.462. The number of nitriles is 1. The molecule has 1 N–H and O–H groups in total. The molecule has 0 radical (unpaired) electrons. The second-order valence-electron chi connectivity index (χ2n) is 4.34. The number of nitrogens with one attached hydrogen (secondary N) is 1. The molecule has 7 heteroatoms. The van der Waals surface area contributed by atoms with Gasteiger partial charge in [-0.05, 0) is 33.6 Å². The van der Waals surface area contributed by atoms with Gasteiger partial charge in [0.25, 0.3) is 0 Å². The van der Waals surface area contributed by atoms with Crippen molar-refractivity contribution in [2.75, 3.05) is 26.2 Å². The van der Waals surface area contributed by atoms with Gasteiger partial charge in [0.05, 0.1) is 17.0 Å². The standard InChI is InChI=1S/C13H15BrFN3.2ClH/c14-11-2-1-10(9-12(11)15)13(3-4-16)18-7-5-17-6-8-18;;/h1-2,9,13,17H,3,5-8H2;2*1H/t13-;;/m1../s1.